The molecule has 3 N–H and O–H groups in total. The van der Waals surface area contributed by atoms with Crippen LogP contribution in [0, 0.1) is 11.7 Å². The molecular weight excluding hydrogens is 261 g/mol. The van der Waals surface area contributed by atoms with Gasteiger partial charge in [-0.25, -0.2) is 9.18 Å². The molecule has 1 aromatic rings. The maximum absolute atomic E-state index is 13.5. The van der Waals surface area contributed by atoms with E-state index in [1.807, 2.05) is 0 Å². The second-order valence-corrected chi connectivity index (χ2v) is 5.36. The average Bonchev–Trinajstić information content (AvgIpc) is 2.40. The van der Waals surface area contributed by atoms with Crippen LogP contribution in [0.4, 0.5) is 4.39 Å². The highest BCUT2D eigenvalue weighted by atomic mass is 19.1. The Kier molecular flexibility index (Phi) is 5.09. The molecule has 0 aromatic heterocycles. The van der Waals surface area contributed by atoms with E-state index in [0.29, 0.717) is 18.7 Å². The van der Waals surface area contributed by atoms with Crippen molar-refractivity contribution < 1.29 is 19.4 Å². The lowest BCUT2D eigenvalue weighted by Crippen LogP contribution is -2.33. The highest BCUT2D eigenvalue weighted by Crippen LogP contribution is 2.23. The van der Waals surface area contributed by atoms with E-state index in [-0.39, 0.29) is 17.6 Å². The van der Waals surface area contributed by atoms with Crippen molar-refractivity contribution in [3.05, 3.63) is 35.1 Å². The van der Waals surface area contributed by atoms with Crippen LogP contribution in [0.25, 0.3) is 0 Å². The standard InChI is InChI=1S/C15H20FNO3/c16-13-7-10(5-6-12(13)15(19)20)8-17-9-11-3-1-2-4-14(11)18/h5-7,11,14,17-18H,1-4,8-9H2,(H,19,20). The number of aliphatic hydroxyl groups excluding tert-OH is 1. The normalized spacial score (nSPS) is 22.7. The molecule has 5 heteroatoms. The minimum absolute atomic E-state index is 0.248. The third-order valence-electron chi connectivity index (χ3n) is 3.87. The van der Waals surface area contributed by atoms with Crippen LogP contribution in [-0.2, 0) is 6.54 Å². The molecule has 0 heterocycles. The van der Waals surface area contributed by atoms with Crippen molar-refractivity contribution in [2.24, 2.45) is 5.92 Å². The highest BCUT2D eigenvalue weighted by molar-refractivity contribution is 5.87. The molecule has 0 saturated heterocycles. The molecule has 1 aliphatic rings. The molecule has 1 aromatic carbocycles. The van der Waals surface area contributed by atoms with Crippen molar-refractivity contribution >= 4 is 5.97 Å². The van der Waals surface area contributed by atoms with Crippen molar-refractivity contribution in [2.45, 2.75) is 38.3 Å². The smallest absolute Gasteiger partial charge is 0.338 e. The number of nitrogens with one attached hydrogen (secondary N) is 1. The van der Waals surface area contributed by atoms with Gasteiger partial charge < -0.3 is 15.5 Å². The number of aliphatic hydroxyl groups is 1. The van der Waals surface area contributed by atoms with Gasteiger partial charge in [0, 0.05) is 13.1 Å². The first kappa shape index (κ1) is 14.9. The predicted molar refractivity (Wildman–Crippen MR) is 73.0 cm³/mol. The molecule has 2 unspecified atom stereocenters. The summed E-state index contributed by atoms with van der Waals surface area (Å²) in [4.78, 5) is 10.7. The van der Waals surface area contributed by atoms with Gasteiger partial charge in [0.1, 0.15) is 5.82 Å². The van der Waals surface area contributed by atoms with Gasteiger partial charge in [0.25, 0.3) is 0 Å². The lowest BCUT2D eigenvalue weighted by Gasteiger charge is -2.27. The van der Waals surface area contributed by atoms with Gasteiger partial charge in [-0.15, -0.1) is 0 Å². The molecule has 1 saturated carbocycles. The van der Waals surface area contributed by atoms with Gasteiger partial charge in [-0.2, -0.15) is 0 Å². The molecule has 20 heavy (non-hydrogen) atoms. The van der Waals surface area contributed by atoms with Crippen molar-refractivity contribution in [3.8, 4) is 0 Å². The number of carbonyl (C=O) groups is 1. The number of hydrogen-bond donors (Lipinski definition) is 3. The van der Waals surface area contributed by atoms with Crippen molar-refractivity contribution in [3.63, 3.8) is 0 Å². The van der Waals surface area contributed by atoms with Gasteiger partial charge >= 0.3 is 5.97 Å². The van der Waals surface area contributed by atoms with Crippen molar-refractivity contribution in [1.82, 2.24) is 5.32 Å². The molecule has 2 atom stereocenters. The fourth-order valence-corrected chi connectivity index (χ4v) is 2.67. The molecule has 0 aliphatic heterocycles. The maximum atomic E-state index is 13.5. The second kappa shape index (κ2) is 6.81. The summed E-state index contributed by atoms with van der Waals surface area (Å²) in [5, 5.41) is 21.8. The zero-order valence-electron chi connectivity index (χ0n) is 11.3. The van der Waals surface area contributed by atoms with E-state index in [2.05, 4.69) is 5.32 Å². The summed E-state index contributed by atoms with van der Waals surface area (Å²) < 4.78 is 13.5. The van der Waals surface area contributed by atoms with E-state index in [1.54, 1.807) is 6.07 Å². The Morgan fingerprint density at radius 3 is 2.75 bits per heavy atom. The molecule has 1 aliphatic carbocycles. The van der Waals surface area contributed by atoms with E-state index in [9.17, 15) is 14.3 Å². The summed E-state index contributed by atoms with van der Waals surface area (Å²) >= 11 is 0. The zero-order valence-corrected chi connectivity index (χ0v) is 11.3. The van der Waals surface area contributed by atoms with E-state index in [0.717, 1.165) is 25.7 Å². The summed E-state index contributed by atoms with van der Waals surface area (Å²) in [6.07, 6.45) is 3.85. The number of rotatable bonds is 5. The number of carboxylic acids is 1. The van der Waals surface area contributed by atoms with Gasteiger partial charge in [0.2, 0.25) is 0 Å². The number of halogens is 1. The van der Waals surface area contributed by atoms with Crippen molar-refractivity contribution in [2.75, 3.05) is 6.54 Å². The Morgan fingerprint density at radius 1 is 1.35 bits per heavy atom. The third-order valence-corrected chi connectivity index (χ3v) is 3.87. The first-order valence-electron chi connectivity index (χ1n) is 6.98. The lowest BCUT2D eigenvalue weighted by molar-refractivity contribution is 0.0687. The molecule has 110 valence electrons. The summed E-state index contributed by atoms with van der Waals surface area (Å²) in [7, 11) is 0. The quantitative estimate of drug-likeness (QED) is 0.773. The van der Waals surface area contributed by atoms with Crippen molar-refractivity contribution in [1.29, 1.82) is 0 Å². The Balaban J connectivity index is 1.85. The molecule has 1 fully saturated rings. The van der Waals surface area contributed by atoms with E-state index < -0.39 is 11.8 Å². The monoisotopic (exact) mass is 281 g/mol. The van der Waals surface area contributed by atoms with Gasteiger partial charge in [-0.3, -0.25) is 0 Å². The largest absolute Gasteiger partial charge is 0.478 e. The van der Waals surface area contributed by atoms with Crippen LogP contribution in [-0.4, -0.2) is 28.8 Å². The SMILES string of the molecule is O=C(O)c1ccc(CNCC2CCCCC2O)cc1F. The van der Waals surface area contributed by atoms with E-state index in [4.69, 9.17) is 5.11 Å². The zero-order chi connectivity index (χ0) is 14.5. The molecular formula is C15H20FNO3. The molecule has 0 amide bonds. The van der Waals surface area contributed by atoms with E-state index >= 15 is 0 Å². The van der Waals surface area contributed by atoms with E-state index in [1.165, 1.54) is 12.1 Å². The van der Waals surface area contributed by atoms with Gasteiger partial charge in [0.15, 0.2) is 0 Å². The van der Waals surface area contributed by atoms with Crippen LogP contribution in [0.1, 0.15) is 41.6 Å². The third kappa shape index (κ3) is 3.77. The molecule has 2 rings (SSSR count). The lowest BCUT2D eigenvalue weighted by atomic mass is 9.86. The Morgan fingerprint density at radius 2 is 2.10 bits per heavy atom. The highest BCUT2D eigenvalue weighted by Gasteiger charge is 2.22. The van der Waals surface area contributed by atoms with Gasteiger partial charge in [-0.1, -0.05) is 18.9 Å². The molecule has 0 bridgehead atoms. The first-order chi connectivity index (χ1) is 9.58. The minimum atomic E-state index is -1.26. The number of hydrogen-bond acceptors (Lipinski definition) is 3. The average molecular weight is 281 g/mol. The Bertz CT molecular complexity index is 478. The number of aromatic carboxylic acids is 1. The Hall–Kier alpha value is -1.46. The first-order valence-corrected chi connectivity index (χ1v) is 6.98. The molecule has 0 radical (unpaired) electrons. The Labute approximate surface area is 117 Å². The summed E-state index contributed by atoms with van der Waals surface area (Å²) in [5.74, 6) is -1.71. The number of carboxylic acid groups (broad SMARTS) is 1. The number of benzene rings is 1. The molecule has 4 nitrogen and oxygen atoms in total. The van der Waals surface area contributed by atoms with Crippen LogP contribution >= 0.6 is 0 Å². The van der Waals surface area contributed by atoms with Crippen LogP contribution in [0.3, 0.4) is 0 Å². The van der Waals surface area contributed by atoms with Crippen LogP contribution < -0.4 is 5.32 Å². The van der Waals surface area contributed by atoms with Gasteiger partial charge in [0.05, 0.1) is 11.7 Å². The topological polar surface area (TPSA) is 69.6 Å². The fraction of sp³-hybridized carbons (Fsp3) is 0.533. The second-order valence-electron chi connectivity index (χ2n) is 5.36. The van der Waals surface area contributed by atoms with Gasteiger partial charge in [-0.05, 0) is 36.5 Å². The predicted octanol–water partition coefficient (Wildman–Crippen LogP) is 2.16. The van der Waals surface area contributed by atoms with Crippen LogP contribution in [0.2, 0.25) is 0 Å². The molecule has 0 spiro atoms. The maximum Gasteiger partial charge on any atom is 0.338 e. The fourth-order valence-electron chi connectivity index (χ4n) is 2.67. The summed E-state index contributed by atoms with van der Waals surface area (Å²) in [6.45, 7) is 1.17. The summed E-state index contributed by atoms with van der Waals surface area (Å²) in [5.41, 5.74) is 0.397. The van der Waals surface area contributed by atoms with Crippen LogP contribution in [0.5, 0.6) is 0 Å². The summed E-state index contributed by atoms with van der Waals surface area (Å²) in [6, 6.07) is 4.13. The van der Waals surface area contributed by atoms with Crippen LogP contribution in [0.15, 0.2) is 18.2 Å². The minimum Gasteiger partial charge on any atom is -0.478 e.